The minimum atomic E-state index is 0.170. The van der Waals surface area contributed by atoms with Gasteiger partial charge >= 0.3 is 0 Å². The lowest BCUT2D eigenvalue weighted by molar-refractivity contribution is 0.289. The predicted octanol–water partition coefficient (Wildman–Crippen LogP) is 12.3. The lowest BCUT2D eigenvalue weighted by atomic mass is 9.90. The number of benzene rings is 7. The molecule has 1 fully saturated rings. The predicted molar refractivity (Wildman–Crippen MR) is 221 cm³/mol. The Morgan fingerprint density at radius 3 is 2.04 bits per heavy atom. The fourth-order valence-electron chi connectivity index (χ4n) is 8.69. The molecule has 0 amide bonds. The Labute approximate surface area is 314 Å². The molecular weight excluding hydrogens is 659 g/mol. The number of nitrogens with zero attached hydrogens (tertiary/aromatic N) is 2. The Morgan fingerprint density at radius 2 is 1.30 bits per heavy atom. The van der Waals surface area contributed by atoms with E-state index in [1.165, 1.54) is 44.2 Å². The molecule has 4 heteroatoms. The highest BCUT2D eigenvalue weighted by Crippen LogP contribution is 2.41. The first-order valence-electron chi connectivity index (χ1n) is 18.7. The SMILES string of the molecule is CCC1C(c2cccc(-c3cccc4c(-c5ccc6oc7c(-c8ccc(C#N)cc8)cccc7c6c5)cccc34)c2)NC2C=CC(c3ccccc3)=CN21. The number of nitrogens with one attached hydrogen (secondary N) is 1. The van der Waals surface area contributed by atoms with Gasteiger partial charge in [-0.25, -0.2) is 0 Å². The van der Waals surface area contributed by atoms with E-state index in [0.717, 1.165) is 45.0 Å². The normalized spacial score (nSPS) is 17.9. The van der Waals surface area contributed by atoms with Gasteiger partial charge < -0.3 is 9.32 Å². The van der Waals surface area contributed by atoms with Crippen LogP contribution in [0, 0.1) is 11.3 Å². The molecule has 2 aliphatic rings. The van der Waals surface area contributed by atoms with E-state index in [4.69, 9.17) is 4.42 Å². The Hall–Kier alpha value is -6.67. The number of furan rings is 1. The zero-order valence-electron chi connectivity index (χ0n) is 29.9. The van der Waals surface area contributed by atoms with Gasteiger partial charge in [-0.2, -0.15) is 5.26 Å². The molecule has 1 aromatic heterocycles. The minimum Gasteiger partial charge on any atom is -0.455 e. The van der Waals surface area contributed by atoms with Crippen LogP contribution in [0.15, 0.2) is 174 Å². The molecule has 4 nitrogen and oxygen atoms in total. The summed E-state index contributed by atoms with van der Waals surface area (Å²) in [7, 11) is 0. The summed E-state index contributed by atoms with van der Waals surface area (Å²) < 4.78 is 6.50. The molecule has 0 aliphatic carbocycles. The van der Waals surface area contributed by atoms with Gasteiger partial charge in [0.1, 0.15) is 11.2 Å². The summed E-state index contributed by atoms with van der Waals surface area (Å²) >= 11 is 0. The third-order valence-electron chi connectivity index (χ3n) is 11.3. The van der Waals surface area contributed by atoms with Gasteiger partial charge in [-0.05, 0) is 98.1 Å². The van der Waals surface area contributed by atoms with Crippen molar-refractivity contribution in [3.63, 3.8) is 0 Å². The van der Waals surface area contributed by atoms with E-state index in [1.54, 1.807) is 0 Å². The summed E-state index contributed by atoms with van der Waals surface area (Å²) in [6.07, 6.45) is 8.11. The molecule has 1 saturated heterocycles. The Bertz CT molecular complexity index is 2820. The second-order valence-electron chi connectivity index (χ2n) is 14.3. The highest BCUT2D eigenvalue weighted by molar-refractivity contribution is 6.12. The van der Waals surface area contributed by atoms with Gasteiger partial charge in [-0.1, -0.05) is 134 Å². The highest BCUT2D eigenvalue weighted by atomic mass is 16.3. The van der Waals surface area contributed by atoms with Crippen molar-refractivity contribution < 1.29 is 4.42 Å². The van der Waals surface area contributed by atoms with Crippen LogP contribution in [-0.4, -0.2) is 17.1 Å². The van der Waals surface area contributed by atoms with Crippen molar-refractivity contribution >= 4 is 38.3 Å². The van der Waals surface area contributed by atoms with Gasteiger partial charge in [0.05, 0.1) is 23.8 Å². The summed E-state index contributed by atoms with van der Waals surface area (Å²) in [5.41, 5.74) is 13.0. The van der Waals surface area contributed by atoms with Crippen LogP contribution in [0.3, 0.4) is 0 Å². The standard InChI is InChI=1S/C50H37N3O/c1-2-46-49(52-48-27-25-38(31-53(46)48)33-10-4-3-5-11-33)37-13-6-12-35(28-37)39-14-7-18-43-40(15-8-17-42(39)43)36-24-26-47-45(29-36)44-19-9-16-41(50(44)54-47)34-22-20-32(30-51)21-23-34/h3-29,31,46,48-49,52H,2H2,1H3. The summed E-state index contributed by atoms with van der Waals surface area (Å²) in [5, 5.41) is 17.9. The lowest BCUT2D eigenvalue weighted by Crippen LogP contribution is -2.34. The molecule has 54 heavy (non-hydrogen) atoms. The molecule has 3 atom stereocenters. The van der Waals surface area contributed by atoms with E-state index in [2.05, 4.69) is 169 Å². The smallest absolute Gasteiger partial charge is 0.143 e. The van der Waals surface area contributed by atoms with Crippen molar-refractivity contribution in [2.24, 2.45) is 0 Å². The third-order valence-corrected chi connectivity index (χ3v) is 11.3. The first-order chi connectivity index (χ1) is 26.7. The molecule has 0 spiro atoms. The fourth-order valence-corrected chi connectivity index (χ4v) is 8.69. The Morgan fingerprint density at radius 1 is 0.630 bits per heavy atom. The van der Waals surface area contributed by atoms with Crippen LogP contribution >= 0.6 is 0 Å². The maximum atomic E-state index is 9.29. The molecule has 258 valence electrons. The molecule has 0 radical (unpaired) electrons. The number of para-hydroxylation sites is 1. The molecule has 3 unspecified atom stereocenters. The molecule has 7 aromatic carbocycles. The van der Waals surface area contributed by atoms with Gasteiger partial charge in [0.25, 0.3) is 0 Å². The number of hydrogen-bond donors (Lipinski definition) is 1. The average molecular weight is 696 g/mol. The van der Waals surface area contributed by atoms with Crippen molar-refractivity contribution in [1.82, 2.24) is 10.2 Å². The zero-order chi connectivity index (χ0) is 36.2. The van der Waals surface area contributed by atoms with Gasteiger partial charge in [0.15, 0.2) is 0 Å². The van der Waals surface area contributed by atoms with Gasteiger partial charge in [0, 0.05) is 28.6 Å². The largest absolute Gasteiger partial charge is 0.455 e. The number of fused-ring (bicyclic) bond motifs is 5. The molecular formula is C50H37N3O. The van der Waals surface area contributed by atoms with Crippen LogP contribution in [-0.2, 0) is 0 Å². The van der Waals surface area contributed by atoms with Crippen LogP contribution in [0.1, 0.15) is 36.1 Å². The minimum absolute atomic E-state index is 0.170. The molecule has 1 N–H and O–H groups in total. The third kappa shape index (κ3) is 5.33. The van der Waals surface area contributed by atoms with E-state index in [0.29, 0.717) is 11.6 Å². The Kier molecular flexibility index (Phi) is 7.75. The van der Waals surface area contributed by atoms with Crippen molar-refractivity contribution in [1.29, 1.82) is 5.26 Å². The first kappa shape index (κ1) is 32.0. The number of allylic oxidation sites excluding steroid dienone is 2. The van der Waals surface area contributed by atoms with Gasteiger partial charge in [-0.3, -0.25) is 5.32 Å². The maximum absolute atomic E-state index is 9.29. The van der Waals surface area contributed by atoms with Crippen molar-refractivity contribution in [2.45, 2.75) is 31.6 Å². The second-order valence-corrected chi connectivity index (χ2v) is 14.3. The molecule has 0 saturated carbocycles. The molecule has 10 rings (SSSR count). The highest BCUT2D eigenvalue weighted by Gasteiger charge is 2.39. The van der Waals surface area contributed by atoms with E-state index < -0.39 is 0 Å². The van der Waals surface area contributed by atoms with E-state index >= 15 is 0 Å². The number of hydrogen-bond acceptors (Lipinski definition) is 4. The van der Waals surface area contributed by atoms with Crippen LogP contribution in [0.4, 0.5) is 0 Å². The van der Waals surface area contributed by atoms with Gasteiger partial charge in [0.2, 0.25) is 0 Å². The average Bonchev–Trinajstić information content (AvgIpc) is 3.81. The van der Waals surface area contributed by atoms with Crippen LogP contribution in [0.25, 0.3) is 71.7 Å². The lowest BCUT2D eigenvalue weighted by Gasteiger charge is -2.30. The molecule has 3 heterocycles. The van der Waals surface area contributed by atoms with E-state index in [9.17, 15) is 5.26 Å². The van der Waals surface area contributed by atoms with Crippen molar-refractivity contribution in [2.75, 3.05) is 0 Å². The number of rotatable bonds is 6. The Balaban J connectivity index is 1.00. The quantitative estimate of drug-likeness (QED) is 0.188. The van der Waals surface area contributed by atoms with Crippen LogP contribution < -0.4 is 5.32 Å². The monoisotopic (exact) mass is 695 g/mol. The first-order valence-corrected chi connectivity index (χ1v) is 18.7. The van der Waals surface area contributed by atoms with E-state index in [-0.39, 0.29) is 12.2 Å². The zero-order valence-corrected chi connectivity index (χ0v) is 29.9. The second kappa shape index (κ2) is 13.1. The van der Waals surface area contributed by atoms with E-state index in [1.807, 2.05) is 24.3 Å². The van der Waals surface area contributed by atoms with Crippen molar-refractivity contribution in [3.05, 3.63) is 187 Å². The number of nitriles is 1. The topological polar surface area (TPSA) is 52.2 Å². The van der Waals surface area contributed by atoms with Gasteiger partial charge in [-0.15, -0.1) is 0 Å². The summed E-state index contributed by atoms with van der Waals surface area (Å²) in [6.45, 7) is 2.30. The summed E-state index contributed by atoms with van der Waals surface area (Å²) in [5.74, 6) is 0. The van der Waals surface area contributed by atoms with Crippen molar-refractivity contribution in [3.8, 4) is 39.4 Å². The van der Waals surface area contributed by atoms with Crippen LogP contribution in [0.2, 0.25) is 0 Å². The fraction of sp³-hybridized carbons (Fsp3) is 0.100. The molecule has 8 aromatic rings. The molecule has 2 aliphatic heterocycles. The summed E-state index contributed by atoms with van der Waals surface area (Å²) in [4.78, 5) is 2.51. The maximum Gasteiger partial charge on any atom is 0.143 e. The van der Waals surface area contributed by atoms with Crippen LogP contribution in [0.5, 0.6) is 0 Å². The molecule has 0 bridgehead atoms. The summed E-state index contributed by atoms with van der Waals surface area (Å²) in [6, 6.07) is 56.4.